The fourth-order valence-corrected chi connectivity index (χ4v) is 5.71. The van der Waals surface area contributed by atoms with E-state index in [9.17, 15) is 29.3 Å². The van der Waals surface area contributed by atoms with Crippen LogP contribution in [0.5, 0.6) is 0 Å². The van der Waals surface area contributed by atoms with Gasteiger partial charge in [-0.2, -0.15) is 0 Å². The number of ether oxygens (including phenoxy) is 2. The highest BCUT2D eigenvalue weighted by Gasteiger charge is 2.39. The number of benzene rings is 2. The lowest BCUT2D eigenvalue weighted by atomic mass is 9.79. The van der Waals surface area contributed by atoms with Crippen molar-refractivity contribution >= 4 is 29.4 Å². The SMILES string of the molecule is CCOC(=O)C1=C(CCN(C)C)NC(C)=C(C(=O)OCCCCCCN2C(=O)c3ccccc3C2=O)C1c1cccc([N+](=O)[O-])c1. The molecule has 0 radical (unpaired) electrons. The molecular formula is C34H40N4O8. The molecule has 2 aliphatic heterocycles. The summed E-state index contributed by atoms with van der Waals surface area (Å²) < 4.78 is 11.1. The second-order valence-corrected chi connectivity index (χ2v) is 11.5. The van der Waals surface area contributed by atoms with Crippen molar-refractivity contribution < 1.29 is 33.6 Å². The number of nitro groups is 1. The van der Waals surface area contributed by atoms with Gasteiger partial charge in [0, 0.05) is 43.0 Å². The van der Waals surface area contributed by atoms with Crippen molar-refractivity contribution in [1.29, 1.82) is 0 Å². The summed E-state index contributed by atoms with van der Waals surface area (Å²) in [6.07, 6.45) is 3.03. The maximum absolute atomic E-state index is 13.6. The van der Waals surface area contributed by atoms with E-state index in [2.05, 4.69) is 5.32 Å². The first kappa shape index (κ1) is 34.0. The van der Waals surface area contributed by atoms with E-state index in [0.717, 1.165) is 6.42 Å². The van der Waals surface area contributed by atoms with Gasteiger partial charge in [-0.3, -0.25) is 24.6 Å². The number of non-ortho nitro benzene ring substituents is 1. The number of imide groups is 1. The number of nitro benzene ring substituents is 1. The number of rotatable bonds is 15. The van der Waals surface area contributed by atoms with Gasteiger partial charge in [0.05, 0.1) is 46.3 Å². The average molecular weight is 633 g/mol. The molecule has 0 aromatic heterocycles. The van der Waals surface area contributed by atoms with E-state index in [-0.39, 0.29) is 41.9 Å². The number of unbranched alkanes of at least 4 members (excludes halogenated alkanes) is 3. The van der Waals surface area contributed by atoms with Crippen LogP contribution in [0.4, 0.5) is 5.69 Å². The van der Waals surface area contributed by atoms with Crippen molar-refractivity contribution in [3.05, 3.63) is 97.9 Å². The van der Waals surface area contributed by atoms with E-state index >= 15 is 0 Å². The summed E-state index contributed by atoms with van der Waals surface area (Å²) in [6, 6.07) is 12.7. The molecule has 2 aromatic carbocycles. The number of esters is 2. The molecule has 46 heavy (non-hydrogen) atoms. The first-order valence-electron chi connectivity index (χ1n) is 15.4. The molecule has 1 unspecified atom stereocenters. The van der Waals surface area contributed by atoms with Gasteiger partial charge in [-0.15, -0.1) is 0 Å². The summed E-state index contributed by atoms with van der Waals surface area (Å²) in [4.78, 5) is 66.5. The number of nitrogens with one attached hydrogen (secondary N) is 1. The summed E-state index contributed by atoms with van der Waals surface area (Å²) in [5.74, 6) is -2.75. The summed E-state index contributed by atoms with van der Waals surface area (Å²) in [5, 5.41) is 14.9. The van der Waals surface area contributed by atoms with Crippen molar-refractivity contribution in [2.45, 2.75) is 51.9 Å². The maximum Gasteiger partial charge on any atom is 0.336 e. The molecule has 2 amide bonds. The predicted molar refractivity (Wildman–Crippen MR) is 170 cm³/mol. The highest BCUT2D eigenvalue weighted by Crippen LogP contribution is 2.41. The molecule has 12 nitrogen and oxygen atoms in total. The Labute approximate surface area is 268 Å². The fraction of sp³-hybridized carbons (Fsp3) is 0.412. The van der Waals surface area contributed by atoms with E-state index in [1.165, 1.54) is 23.1 Å². The van der Waals surface area contributed by atoms with Crippen LogP contribution in [-0.4, -0.2) is 78.9 Å². The molecule has 0 spiro atoms. The predicted octanol–water partition coefficient (Wildman–Crippen LogP) is 4.72. The van der Waals surface area contributed by atoms with Crippen molar-refractivity contribution in [1.82, 2.24) is 15.1 Å². The Kier molecular flexibility index (Phi) is 11.4. The minimum Gasteiger partial charge on any atom is -0.463 e. The molecule has 0 saturated heterocycles. The lowest BCUT2D eigenvalue weighted by Gasteiger charge is -2.32. The number of hydrogen-bond acceptors (Lipinski definition) is 10. The minimum atomic E-state index is -0.940. The topological polar surface area (TPSA) is 148 Å². The van der Waals surface area contributed by atoms with Gasteiger partial charge in [-0.25, -0.2) is 9.59 Å². The summed E-state index contributed by atoms with van der Waals surface area (Å²) in [5.41, 5.74) is 2.56. The van der Waals surface area contributed by atoms with E-state index < -0.39 is 22.8 Å². The van der Waals surface area contributed by atoms with E-state index in [0.29, 0.717) is 66.9 Å². The van der Waals surface area contributed by atoms with Crippen molar-refractivity contribution in [2.75, 3.05) is 40.4 Å². The number of carbonyl (C=O) groups is 4. The van der Waals surface area contributed by atoms with Crippen LogP contribution in [0.15, 0.2) is 71.1 Å². The van der Waals surface area contributed by atoms with Crippen LogP contribution in [0.25, 0.3) is 0 Å². The van der Waals surface area contributed by atoms with Crippen LogP contribution in [0.2, 0.25) is 0 Å². The molecule has 2 aromatic rings. The zero-order valence-electron chi connectivity index (χ0n) is 26.7. The number of dihydropyridines is 1. The van der Waals surface area contributed by atoms with Gasteiger partial charge in [-0.05, 0) is 64.9 Å². The second kappa shape index (κ2) is 15.4. The maximum atomic E-state index is 13.6. The lowest BCUT2D eigenvalue weighted by Crippen LogP contribution is -2.34. The molecule has 1 atom stereocenters. The Balaban J connectivity index is 1.44. The number of nitrogens with zero attached hydrogens (tertiary/aromatic N) is 3. The summed E-state index contributed by atoms with van der Waals surface area (Å²) >= 11 is 0. The van der Waals surface area contributed by atoms with Crippen LogP contribution in [0.3, 0.4) is 0 Å². The van der Waals surface area contributed by atoms with Crippen molar-refractivity contribution in [3.8, 4) is 0 Å². The largest absolute Gasteiger partial charge is 0.463 e. The molecule has 12 heteroatoms. The lowest BCUT2D eigenvalue weighted by molar-refractivity contribution is -0.384. The van der Waals surface area contributed by atoms with Crippen LogP contribution in [0.1, 0.15) is 78.1 Å². The number of carbonyl (C=O) groups excluding carboxylic acids is 4. The zero-order valence-corrected chi connectivity index (χ0v) is 26.7. The number of amides is 2. The molecule has 2 heterocycles. The number of hydrogen-bond donors (Lipinski definition) is 1. The monoisotopic (exact) mass is 632 g/mol. The van der Waals surface area contributed by atoms with Gasteiger partial charge in [0.25, 0.3) is 17.5 Å². The minimum absolute atomic E-state index is 0.107. The van der Waals surface area contributed by atoms with Crippen LogP contribution < -0.4 is 5.32 Å². The highest BCUT2D eigenvalue weighted by atomic mass is 16.6. The standard InChI is InChI=1S/C34H40N4O8/c1-5-45-34(42)30-27(17-19-36(3)4)35-22(2)28(29(30)23-13-12-14-24(21-23)38(43)44)33(41)46-20-11-7-6-10-18-37-31(39)25-15-8-9-16-26(25)32(37)40/h8-9,12-16,21,29,35H,5-7,10-11,17-20H2,1-4H3. The number of fused-ring (bicyclic) bond motifs is 1. The summed E-state index contributed by atoms with van der Waals surface area (Å²) in [7, 11) is 3.81. The van der Waals surface area contributed by atoms with E-state index in [1.807, 2.05) is 19.0 Å². The quantitative estimate of drug-likeness (QED) is 0.0961. The van der Waals surface area contributed by atoms with Crippen LogP contribution in [-0.2, 0) is 19.1 Å². The molecule has 4 rings (SSSR count). The van der Waals surface area contributed by atoms with Crippen LogP contribution in [0, 0.1) is 10.1 Å². The van der Waals surface area contributed by atoms with Crippen molar-refractivity contribution in [2.24, 2.45) is 0 Å². The smallest absolute Gasteiger partial charge is 0.336 e. The van der Waals surface area contributed by atoms with Gasteiger partial charge >= 0.3 is 11.9 Å². The number of allylic oxidation sites excluding steroid dienone is 1. The Bertz CT molecular complexity index is 1540. The Morgan fingerprint density at radius 3 is 2.22 bits per heavy atom. The van der Waals surface area contributed by atoms with Gasteiger partial charge < -0.3 is 19.7 Å². The van der Waals surface area contributed by atoms with Crippen LogP contribution >= 0.6 is 0 Å². The Hall–Kier alpha value is -4.84. The molecule has 244 valence electrons. The third-order valence-corrected chi connectivity index (χ3v) is 7.97. The van der Waals surface area contributed by atoms with E-state index in [1.54, 1.807) is 44.2 Å². The fourth-order valence-electron chi connectivity index (χ4n) is 5.71. The van der Waals surface area contributed by atoms with Gasteiger partial charge in [0.2, 0.25) is 0 Å². The third-order valence-electron chi connectivity index (χ3n) is 7.97. The molecule has 0 aliphatic carbocycles. The molecule has 0 fully saturated rings. The normalized spacial score (nSPS) is 16.1. The van der Waals surface area contributed by atoms with E-state index in [4.69, 9.17) is 9.47 Å². The average Bonchev–Trinajstić information content (AvgIpc) is 3.27. The summed E-state index contributed by atoms with van der Waals surface area (Å²) in [6.45, 7) is 4.54. The molecule has 0 saturated carbocycles. The van der Waals surface area contributed by atoms with Gasteiger partial charge in [0.15, 0.2) is 0 Å². The first-order valence-corrected chi connectivity index (χ1v) is 15.4. The molecule has 0 bridgehead atoms. The first-order chi connectivity index (χ1) is 22.0. The van der Waals surface area contributed by atoms with Gasteiger partial charge in [-0.1, -0.05) is 30.7 Å². The van der Waals surface area contributed by atoms with Crippen molar-refractivity contribution in [3.63, 3.8) is 0 Å². The molecule has 1 N–H and O–H groups in total. The Morgan fingerprint density at radius 2 is 1.59 bits per heavy atom. The zero-order chi connectivity index (χ0) is 33.4. The second-order valence-electron chi connectivity index (χ2n) is 11.5. The Morgan fingerprint density at radius 1 is 0.935 bits per heavy atom. The highest BCUT2D eigenvalue weighted by molar-refractivity contribution is 6.21. The molecular weight excluding hydrogens is 592 g/mol. The third kappa shape index (κ3) is 7.68. The van der Waals surface area contributed by atoms with Gasteiger partial charge in [0.1, 0.15) is 0 Å². The molecule has 2 aliphatic rings.